The average molecular weight is 480 g/mol. The highest BCUT2D eigenvalue weighted by Crippen LogP contribution is 2.48. The van der Waals surface area contributed by atoms with Crippen molar-refractivity contribution in [1.29, 1.82) is 0 Å². The van der Waals surface area contributed by atoms with E-state index < -0.39 is 11.9 Å². The quantitative estimate of drug-likeness (QED) is 0.305. The first kappa shape index (κ1) is 24.5. The van der Waals surface area contributed by atoms with Crippen LogP contribution in [0.4, 0.5) is 10.1 Å². The Labute approximate surface area is 204 Å². The fourth-order valence-corrected chi connectivity index (χ4v) is 4.35. The minimum absolute atomic E-state index is 0.138. The molecule has 7 heteroatoms. The van der Waals surface area contributed by atoms with E-state index in [-0.39, 0.29) is 17.5 Å². The van der Waals surface area contributed by atoms with Crippen molar-refractivity contribution in [1.82, 2.24) is 0 Å². The summed E-state index contributed by atoms with van der Waals surface area (Å²) < 4.78 is 25.5. The highest BCUT2D eigenvalue weighted by atomic mass is 19.1. The van der Waals surface area contributed by atoms with Gasteiger partial charge >= 0.3 is 5.97 Å². The molecule has 0 spiro atoms. The normalized spacial score (nSPS) is 16.7. The van der Waals surface area contributed by atoms with E-state index in [1.54, 1.807) is 18.2 Å². The molecular formula is C28H30FNO5. The Hall–Kier alpha value is -3.58. The van der Waals surface area contributed by atoms with Crippen molar-refractivity contribution in [3.8, 4) is 22.6 Å². The molecule has 184 valence electrons. The third-order valence-electron chi connectivity index (χ3n) is 6.21. The summed E-state index contributed by atoms with van der Waals surface area (Å²) in [6.45, 7) is 5.85. The molecule has 0 amide bonds. The van der Waals surface area contributed by atoms with Crippen LogP contribution in [0.1, 0.15) is 36.0 Å². The summed E-state index contributed by atoms with van der Waals surface area (Å²) in [5.74, 6) is -1.26. The number of carboxylic acid groups (broad SMARTS) is 1. The van der Waals surface area contributed by atoms with Gasteiger partial charge in [0, 0.05) is 36.4 Å². The molecule has 3 aromatic rings. The second kappa shape index (κ2) is 10.8. The summed E-state index contributed by atoms with van der Waals surface area (Å²) >= 11 is 0. The first-order valence-electron chi connectivity index (χ1n) is 11.8. The zero-order valence-corrected chi connectivity index (χ0v) is 19.9. The van der Waals surface area contributed by atoms with E-state index in [4.69, 9.17) is 14.6 Å². The smallest absolute Gasteiger partial charge is 0.307 e. The van der Waals surface area contributed by atoms with Crippen LogP contribution in [0.5, 0.6) is 11.5 Å². The molecule has 0 aromatic heterocycles. The molecule has 3 aromatic carbocycles. The fourth-order valence-electron chi connectivity index (χ4n) is 4.35. The number of carboxylic acids is 1. The topological polar surface area (TPSA) is 88.0 Å². The summed E-state index contributed by atoms with van der Waals surface area (Å²) in [5, 5.41) is 23.0. The van der Waals surface area contributed by atoms with Crippen molar-refractivity contribution in [3.05, 3.63) is 77.1 Å². The fraction of sp³-hybridized carbons (Fsp3) is 0.321. The Morgan fingerprint density at radius 2 is 1.97 bits per heavy atom. The molecule has 3 N–H and O–H groups in total. The molecule has 2 atom stereocenters. The molecular weight excluding hydrogens is 449 g/mol. The number of ether oxygens (including phenoxy) is 2. The average Bonchev–Trinajstić information content (AvgIpc) is 3.62. The van der Waals surface area contributed by atoms with E-state index in [1.165, 1.54) is 6.07 Å². The van der Waals surface area contributed by atoms with Crippen LogP contribution in [-0.2, 0) is 16.1 Å². The van der Waals surface area contributed by atoms with Gasteiger partial charge in [0.05, 0.1) is 12.5 Å². The number of carbonyl (C=O) groups is 1. The minimum Gasteiger partial charge on any atom is -0.507 e. The zero-order chi connectivity index (χ0) is 24.9. The van der Waals surface area contributed by atoms with Crippen LogP contribution < -0.4 is 10.1 Å². The van der Waals surface area contributed by atoms with Gasteiger partial charge in [0.1, 0.15) is 23.9 Å². The van der Waals surface area contributed by atoms with E-state index >= 15 is 0 Å². The summed E-state index contributed by atoms with van der Waals surface area (Å²) in [7, 11) is 0. The minimum atomic E-state index is -0.874. The van der Waals surface area contributed by atoms with E-state index in [0.717, 1.165) is 22.3 Å². The molecule has 4 rings (SSSR count). The van der Waals surface area contributed by atoms with Gasteiger partial charge in [0.25, 0.3) is 0 Å². The van der Waals surface area contributed by atoms with Gasteiger partial charge < -0.3 is 25.0 Å². The van der Waals surface area contributed by atoms with Crippen LogP contribution in [-0.4, -0.2) is 36.0 Å². The number of hydrogen-bond acceptors (Lipinski definition) is 5. The van der Waals surface area contributed by atoms with Crippen molar-refractivity contribution in [3.63, 3.8) is 0 Å². The van der Waals surface area contributed by atoms with Gasteiger partial charge in [-0.2, -0.15) is 0 Å². The lowest BCUT2D eigenvalue weighted by Crippen LogP contribution is -2.06. The first-order valence-corrected chi connectivity index (χ1v) is 11.8. The molecule has 0 radical (unpaired) electrons. The molecule has 2 unspecified atom stereocenters. The predicted octanol–water partition coefficient (Wildman–Crippen LogP) is 5.72. The van der Waals surface area contributed by atoms with Crippen LogP contribution in [0.3, 0.4) is 0 Å². The number of halogens is 1. The standard InChI is InChI=1S/C28H30FNO5/c1-3-34-9-10-35-21-11-17(2)27(26(31)14-21)19-6-4-5-18(12-19)16-30-20-7-8-22(25(29)13-20)23-15-24(23)28(32)33/h4-8,11-14,23-24,30-31H,3,9-10,15-16H2,1-2H3,(H,32,33). The zero-order valence-electron chi connectivity index (χ0n) is 19.9. The molecule has 1 saturated carbocycles. The van der Waals surface area contributed by atoms with Gasteiger partial charge in [0.2, 0.25) is 0 Å². The second-order valence-corrected chi connectivity index (χ2v) is 8.76. The monoisotopic (exact) mass is 479 g/mol. The SMILES string of the molecule is CCOCCOc1cc(C)c(-c2cccc(CNc3ccc(C4CC4C(=O)O)c(F)c3)c2)c(O)c1. The van der Waals surface area contributed by atoms with E-state index in [0.29, 0.717) is 49.8 Å². The second-order valence-electron chi connectivity index (χ2n) is 8.76. The molecule has 0 saturated heterocycles. The van der Waals surface area contributed by atoms with Gasteiger partial charge in [-0.1, -0.05) is 24.3 Å². The third-order valence-corrected chi connectivity index (χ3v) is 6.21. The van der Waals surface area contributed by atoms with Crippen LogP contribution >= 0.6 is 0 Å². The highest BCUT2D eigenvalue weighted by Gasteiger charge is 2.45. The van der Waals surface area contributed by atoms with E-state index in [1.807, 2.05) is 44.2 Å². The van der Waals surface area contributed by atoms with Crippen molar-refractivity contribution in [2.45, 2.75) is 32.7 Å². The van der Waals surface area contributed by atoms with Crippen molar-refractivity contribution in [2.24, 2.45) is 5.92 Å². The van der Waals surface area contributed by atoms with Crippen molar-refractivity contribution >= 4 is 11.7 Å². The number of phenolic OH excluding ortho intramolecular Hbond substituents is 1. The number of aromatic hydroxyl groups is 1. The summed E-state index contributed by atoms with van der Waals surface area (Å²) in [6, 6.07) is 16.2. The van der Waals surface area contributed by atoms with Crippen LogP contribution in [0, 0.1) is 18.7 Å². The Kier molecular flexibility index (Phi) is 7.56. The number of rotatable bonds is 11. The van der Waals surface area contributed by atoms with Crippen LogP contribution in [0.15, 0.2) is 54.6 Å². The van der Waals surface area contributed by atoms with Gasteiger partial charge in [-0.15, -0.1) is 0 Å². The summed E-state index contributed by atoms with van der Waals surface area (Å²) in [6.07, 6.45) is 0.485. The number of benzene rings is 3. The molecule has 6 nitrogen and oxygen atoms in total. The lowest BCUT2D eigenvalue weighted by molar-refractivity contribution is -0.138. The van der Waals surface area contributed by atoms with Gasteiger partial charge in [-0.3, -0.25) is 4.79 Å². The number of nitrogens with one attached hydrogen (secondary N) is 1. The maximum absolute atomic E-state index is 14.5. The van der Waals surface area contributed by atoms with Crippen molar-refractivity contribution < 1.29 is 28.9 Å². The Morgan fingerprint density at radius 1 is 1.14 bits per heavy atom. The maximum Gasteiger partial charge on any atom is 0.307 e. The van der Waals surface area contributed by atoms with Gasteiger partial charge in [-0.05, 0) is 66.8 Å². The largest absolute Gasteiger partial charge is 0.507 e. The number of aliphatic carboxylic acids is 1. The highest BCUT2D eigenvalue weighted by molar-refractivity contribution is 5.76. The van der Waals surface area contributed by atoms with Gasteiger partial charge in [0.15, 0.2) is 0 Å². The number of aryl methyl sites for hydroxylation is 1. The molecule has 1 aliphatic rings. The first-order chi connectivity index (χ1) is 16.9. The lowest BCUT2D eigenvalue weighted by atomic mass is 9.97. The van der Waals surface area contributed by atoms with E-state index in [9.17, 15) is 14.3 Å². The summed E-state index contributed by atoms with van der Waals surface area (Å²) in [4.78, 5) is 11.1. The molecule has 1 fully saturated rings. The Balaban J connectivity index is 1.42. The molecule has 0 heterocycles. The molecule has 0 aliphatic heterocycles. The Morgan fingerprint density at radius 3 is 2.66 bits per heavy atom. The third kappa shape index (κ3) is 5.92. The number of phenols is 1. The number of anilines is 1. The predicted molar refractivity (Wildman–Crippen MR) is 132 cm³/mol. The summed E-state index contributed by atoms with van der Waals surface area (Å²) in [5.41, 5.74) is 4.54. The maximum atomic E-state index is 14.5. The van der Waals surface area contributed by atoms with Crippen LogP contribution in [0.25, 0.3) is 11.1 Å². The Bertz CT molecular complexity index is 1190. The molecule has 35 heavy (non-hydrogen) atoms. The molecule has 1 aliphatic carbocycles. The van der Waals surface area contributed by atoms with E-state index in [2.05, 4.69) is 5.32 Å². The molecule has 0 bridgehead atoms. The van der Waals surface area contributed by atoms with Crippen LogP contribution in [0.2, 0.25) is 0 Å². The number of hydrogen-bond donors (Lipinski definition) is 3. The van der Waals surface area contributed by atoms with Crippen molar-refractivity contribution in [2.75, 3.05) is 25.1 Å². The lowest BCUT2D eigenvalue weighted by Gasteiger charge is -2.14. The van der Waals surface area contributed by atoms with Gasteiger partial charge in [-0.25, -0.2) is 4.39 Å².